The minimum Gasteiger partial charge on any atom is -0.373 e. The van der Waals surface area contributed by atoms with Crippen molar-refractivity contribution in [3.8, 4) is 11.3 Å². The largest absolute Gasteiger partial charge is 0.373 e. The van der Waals surface area contributed by atoms with Crippen LogP contribution >= 0.6 is 0 Å². The molecule has 0 fully saturated rings. The van der Waals surface area contributed by atoms with Gasteiger partial charge in [0.15, 0.2) is 0 Å². The Kier molecular flexibility index (Phi) is 2.63. The Morgan fingerprint density at radius 1 is 1.13 bits per heavy atom. The maximum Gasteiger partial charge on any atom is 0.126 e. The number of nitrogens with one attached hydrogen (secondary N) is 1. The lowest BCUT2D eigenvalue weighted by Gasteiger charge is -2.03. The van der Waals surface area contributed by atoms with Gasteiger partial charge in [-0.2, -0.15) is 0 Å². The molecule has 0 aliphatic rings. The van der Waals surface area contributed by atoms with Crippen LogP contribution in [0.25, 0.3) is 11.3 Å². The highest BCUT2D eigenvalue weighted by atomic mass is 15.0. The van der Waals surface area contributed by atoms with Crippen molar-refractivity contribution in [2.75, 3.05) is 12.4 Å². The van der Waals surface area contributed by atoms with Gasteiger partial charge in [0, 0.05) is 24.5 Å². The monoisotopic (exact) mass is 199 g/mol. The average molecular weight is 199 g/mol. The summed E-state index contributed by atoms with van der Waals surface area (Å²) in [6.07, 6.45) is 1.84. The van der Waals surface area contributed by atoms with E-state index in [1.807, 2.05) is 50.5 Å². The SMILES string of the molecule is CNc1cccc(-c2ccc(C)nc2)n1. The topological polar surface area (TPSA) is 37.8 Å². The normalized spacial score (nSPS) is 10.0. The van der Waals surface area contributed by atoms with Gasteiger partial charge in [0.25, 0.3) is 0 Å². The van der Waals surface area contributed by atoms with Crippen LogP contribution < -0.4 is 5.32 Å². The molecule has 0 bridgehead atoms. The molecule has 0 unspecified atom stereocenters. The summed E-state index contributed by atoms with van der Waals surface area (Å²) < 4.78 is 0. The molecule has 0 saturated heterocycles. The highest BCUT2D eigenvalue weighted by Crippen LogP contribution is 2.17. The van der Waals surface area contributed by atoms with Crippen molar-refractivity contribution in [2.24, 2.45) is 0 Å². The molecule has 3 nitrogen and oxygen atoms in total. The standard InChI is InChI=1S/C12H13N3/c1-9-6-7-10(8-14-9)11-4-3-5-12(13-2)15-11/h3-8H,1-2H3,(H,13,15). The first-order valence-corrected chi connectivity index (χ1v) is 4.87. The summed E-state index contributed by atoms with van der Waals surface area (Å²) in [4.78, 5) is 8.69. The molecule has 2 aromatic heterocycles. The first-order valence-electron chi connectivity index (χ1n) is 4.87. The molecule has 0 spiro atoms. The van der Waals surface area contributed by atoms with Gasteiger partial charge in [-0.1, -0.05) is 6.07 Å². The van der Waals surface area contributed by atoms with Gasteiger partial charge >= 0.3 is 0 Å². The van der Waals surface area contributed by atoms with Crippen molar-refractivity contribution in [3.05, 3.63) is 42.2 Å². The Morgan fingerprint density at radius 2 is 2.00 bits per heavy atom. The van der Waals surface area contributed by atoms with Crippen molar-refractivity contribution in [2.45, 2.75) is 6.92 Å². The van der Waals surface area contributed by atoms with E-state index in [4.69, 9.17) is 0 Å². The summed E-state index contributed by atoms with van der Waals surface area (Å²) in [6.45, 7) is 1.97. The third kappa shape index (κ3) is 2.13. The number of hydrogen-bond acceptors (Lipinski definition) is 3. The van der Waals surface area contributed by atoms with Crippen LogP contribution in [0, 0.1) is 6.92 Å². The van der Waals surface area contributed by atoms with E-state index >= 15 is 0 Å². The molecule has 0 aliphatic carbocycles. The molecule has 0 amide bonds. The molecular weight excluding hydrogens is 186 g/mol. The second kappa shape index (κ2) is 4.09. The third-order valence-corrected chi connectivity index (χ3v) is 2.21. The molecule has 0 atom stereocenters. The lowest BCUT2D eigenvalue weighted by atomic mass is 10.2. The summed E-state index contributed by atoms with van der Waals surface area (Å²) in [6, 6.07) is 9.92. The quantitative estimate of drug-likeness (QED) is 0.807. The van der Waals surface area contributed by atoms with Crippen LogP contribution in [0.3, 0.4) is 0 Å². The zero-order chi connectivity index (χ0) is 10.7. The van der Waals surface area contributed by atoms with Gasteiger partial charge in [0.1, 0.15) is 5.82 Å². The Bertz CT molecular complexity index is 449. The number of nitrogens with zero attached hydrogens (tertiary/aromatic N) is 2. The second-order valence-electron chi connectivity index (χ2n) is 3.35. The van der Waals surface area contributed by atoms with Crippen molar-refractivity contribution in [1.29, 1.82) is 0 Å². The van der Waals surface area contributed by atoms with Gasteiger partial charge in [-0.25, -0.2) is 4.98 Å². The molecule has 3 heteroatoms. The summed E-state index contributed by atoms with van der Waals surface area (Å²) >= 11 is 0. The Labute approximate surface area is 89.2 Å². The molecular formula is C12H13N3. The number of pyridine rings is 2. The third-order valence-electron chi connectivity index (χ3n) is 2.21. The molecule has 76 valence electrons. The fourth-order valence-corrected chi connectivity index (χ4v) is 1.35. The predicted octanol–water partition coefficient (Wildman–Crippen LogP) is 2.49. The Morgan fingerprint density at radius 3 is 2.67 bits per heavy atom. The minimum atomic E-state index is 0.869. The average Bonchev–Trinajstić information content (AvgIpc) is 2.30. The summed E-state index contributed by atoms with van der Waals surface area (Å²) in [5.74, 6) is 0.869. The molecule has 1 N–H and O–H groups in total. The van der Waals surface area contributed by atoms with Gasteiger partial charge in [-0.05, 0) is 31.2 Å². The number of rotatable bonds is 2. The van der Waals surface area contributed by atoms with E-state index in [1.165, 1.54) is 0 Å². The smallest absolute Gasteiger partial charge is 0.126 e. The van der Waals surface area contributed by atoms with Crippen molar-refractivity contribution in [3.63, 3.8) is 0 Å². The predicted molar refractivity (Wildman–Crippen MR) is 61.8 cm³/mol. The van der Waals surface area contributed by atoms with Crippen molar-refractivity contribution in [1.82, 2.24) is 9.97 Å². The van der Waals surface area contributed by atoms with Gasteiger partial charge in [0.05, 0.1) is 5.69 Å². The van der Waals surface area contributed by atoms with E-state index in [2.05, 4.69) is 15.3 Å². The van der Waals surface area contributed by atoms with Crippen molar-refractivity contribution >= 4 is 5.82 Å². The zero-order valence-electron chi connectivity index (χ0n) is 8.86. The molecule has 2 rings (SSSR count). The fraction of sp³-hybridized carbons (Fsp3) is 0.167. The molecule has 0 saturated carbocycles. The van der Waals surface area contributed by atoms with Gasteiger partial charge in [-0.15, -0.1) is 0 Å². The lowest BCUT2D eigenvalue weighted by molar-refractivity contribution is 1.19. The summed E-state index contributed by atoms with van der Waals surface area (Å²) in [5, 5.41) is 3.02. The molecule has 0 aliphatic heterocycles. The van der Waals surface area contributed by atoms with E-state index in [-0.39, 0.29) is 0 Å². The van der Waals surface area contributed by atoms with E-state index in [1.54, 1.807) is 0 Å². The number of aromatic nitrogens is 2. The Hall–Kier alpha value is -1.90. The number of anilines is 1. The van der Waals surface area contributed by atoms with Gasteiger partial charge in [0.2, 0.25) is 0 Å². The van der Waals surface area contributed by atoms with Crippen LogP contribution in [0.2, 0.25) is 0 Å². The van der Waals surface area contributed by atoms with Gasteiger partial charge in [-0.3, -0.25) is 4.98 Å². The Balaban J connectivity index is 2.40. The molecule has 2 heterocycles. The van der Waals surface area contributed by atoms with E-state index < -0.39 is 0 Å². The highest BCUT2D eigenvalue weighted by Gasteiger charge is 1.99. The van der Waals surface area contributed by atoms with E-state index in [0.717, 1.165) is 22.8 Å². The van der Waals surface area contributed by atoms with E-state index in [0.29, 0.717) is 0 Å². The van der Waals surface area contributed by atoms with Gasteiger partial charge < -0.3 is 5.32 Å². The van der Waals surface area contributed by atoms with Crippen molar-refractivity contribution < 1.29 is 0 Å². The maximum atomic E-state index is 4.44. The molecule has 0 radical (unpaired) electrons. The molecule has 15 heavy (non-hydrogen) atoms. The van der Waals surface area contributed by atoms with Crippen LogP contribution in [0.5, 0.6) is 0 Å². The lowest BCUT2D eigenvalue weighted by Crippen LogP contribution is -1.93. The highest BCUT2D eigenvalue weighted by molar-refractivity contribution is 5.60. The second-order valence-corrected chi connectivity index (χ2v) is 3.35. The fourth-order valence-electron chi connectivity index (χ4n) is 1.35. The van der Waals surface area contributed by atoms with E-state index in [9.17, 15) is 0 Å². The summed E-state index contributed by atoms with van der Waals surface area (Å²) in [5.41, 5.74) is 3.00. The summed E-state index contributed by atoms with van der Waals surface area (Å²) in [7, 11) is 1.86. The first kappa shape index (κ1) is 9.65. The van der Waals surface area contributed by atoms with Crippen LogP contribution in [0.15, 0.2) is 36.5 Å². The number of hydrogen-bond donors (Lipinski definition) is 1. The van der Waals surface area contributed by atoms with Crippen LogP contribution in [-0.4, -0.2) is 17.0 Å². The first-order chi connectivity index (χ1) is 7.29. The molecule has 2 aromatic rings. The number of aryl methyl sites for hydroxylation is 1. The van der Waals surface area contributed by atoms with Crippen LogP contribution in [0.4, 0.5) is 5.82 Å². The minimum absolute atomic E-state index is 0.869. The molecule has 0 aromatic carbocycles. The van der Waals surface area contributed by atoms with Crippen LogP contribution in [-0.2, 0) is 0 Å². The zero-order valence-corrected chi connectivity index (χ0v) is 8.86. The van der Waals surface area contributed by atoms with Crippen LogP contribution in [0.1, 0.15) is 5.69 Å². The maximum absolute atomic E-state index is 4.44.